The number of hydrogen-bond donors (Lipinski definition) is 1. The van der Waals surface area contributed by atoms with E-state index >= 15 is 0 Å². The first-order valence-corrected chi connectivity index (χ1v) is 7.81. The van der Waals surface area contributed by atoms with Gasteiger partial charge in [-0.15, -0.1) is 0 Å². The molecule has 2 N–H and O–H groups in total. The van der Waals surface area contributed by atoms with Crippen molar-refractivity contribution < 1.29 is 9.47 Å². The van der Waals surface area contributed by atoms with Crippen LogP contribution in [0.1, 0.15) is 24.0 Å². The summed E-state index contributed by atoms with van der Waals surface area (Å²) in [5.41, 5.74) is 8.24. The molecule has 0 aliphatic heterocycles. The molecule has 0 radical (unpaired) electrons. The van der Waals surface area contributed by atoms with Crippen LogP contribution in [0, 0.1) is 0 Å². The second-order valence-electron chi connectivity index (χ2n) is 5.10. The number of benzene rings is 2. The van der Waals surface area contributed by atoms with E-state index in [4.69, 9.17) is 26.8 Å². The van der Waals surface area contributed by atoms with Crippen LogP contribution in [-0.2, 0) is 6.42 Å². The molecule has 0 aliphatic carbocycles. The van der Waals surface area contributed by atoms with Gasteiger partial charge >= 0.3 is 0 Å². The Kier molecular flexibility index (Phi) is 6.10. The standard InChI is InChI=1S/C18H22ClNO2/c1-3-22-16-7-4-13(5-8-16)10-14(12-20)17-11-15(19)6-9-18(17)21-2/h4-9,11,14H,3,10,12,20H2,1-2H3. The summed E-state index contributed by atoms with van der Waals surface area (Å²) in [5.74, 6) is 1.87. The molecule has 4 heteroatoms. The van der Waals surface area contributed by atoms with Crippen molar-refractivity contribution in [2.75, 3.05) is 20.3 Å². The number of rotatable bonds is 7. The van der Waals surface area contributed by atoms with Crippen molar-refractivity contribution >= 4 is 11.6 Å². The zero-order chi connectivity index (χ0) is 15.9. The molecule has 118 valence electrons. The van der Waals surface area contributed by atoms with Gasteiger partial charge in [-0.25, -0.2) is 0 Å². The predicted octanol–water partition coefficient (Wildman–Crippen LogP) is 4.03. The minimum Gasteiger partial charge on any atom is -0.496 e. The molecule has 0 bridgehead atoms. The molecule has 2 aromatic rings. The molecule has 1 atom stereocenters. The molecular weight excluding hydrogens is 298 g/mol. The Morgan fingerprint density at radius 1 is 1.14 bits per heavy atom. The highest BCUT2D eigenvalue weighted by atomic mass is 35.5. The van der Waals surface area contributed by atoms with E-state index in [1.54, 1.807) is 7.11 Å². The molecule has 0 heterocycles. The van der Waals surface area contributed by atoms with Crippen LogP contribution in [0.2, 0.25) is 5.02 Å². The zero-order valence-electron chi connectivity index (χ0n) is 13.0. The first kappa shape index (κ1) is 16.7. The van der Waals surface area contributed by atoms with Gasteiger partial charge in [-0.1, -0.05) is 23.7 Å². The monoisotopic (exact) mass is 319 g/mol. The third-order valence-electron chi connectivity index (χ3n) is 3.63. The summed E-state index contributed by atoms with van der Waals surface area (Å²) in [6.45, 7) is 3.18. The van der Waals surface area contributed by atoms with E-state index < -0.39 is 0 Å². The molecule has 2 rings (SSSR count). The molecule has 1 unspecified atom stereocenters. The van der Waals surface area contributed by atoms with Crippen molar-refractivity contribution in [3.8, 4) is 11.5 Å². The lowest BCUT2D eigenvalue weighted by Gasteiger charge is -2.19. The Bertz CT molecular complexity index is 599. The van der Waals surface area contributed by atoms with Crippen LogP contribution in [0.15, 0.2) is 42.5 Å². The minimum absolute atomic E-state index is 0.159. The molecule has 0 aromatic heterocycles. The van der Waals surface area contributed by atoms with Gasteiger partial charge in [0.05, 0.1) is 13.7 Å². The maximum absolute atomic E-state index is 6.12. The summed E-state index contributed by atoms with van der Waals surface area (Å²) < 4.78 is 10.9. The molecule has 22 heavy (non-hydrogen) atoms. The Hall–Kier alpha value is -1.71. The maximum Gasteiger partial charge on any atom is 0.122 e. The average Bonchev–Trinajstić information content (AvgIpc) is 2.54. The van der Waals surface area contributed by atoms with Gasteiger partial charge in [0.1, 0.15) is 11.5 Å². The molecule has 0 fully saturated rings. The Morgan fingerprint density at radius 3 is 2.45 bits per heavy atom. The van der Waals surface area contributed by atoms with Crippen LogP contribution in [0.25, 0.3) is 0 Å². The lowest BCUT2D eigenvalue weighted by atomic mass is 9.91. The topological polar surface area (TPSA) is 44.5 Å². The lowest BCUT2D eigenvalue weighted by Crippen LogP contribution is -2.16. The molecule has 0 aliphatic rings. The quantitative estimate of drug-likeness (QED) is 0.838. The summed E-state index contributed by atoms with van der Waals surface area (Å²) in [7, 11) is 1.66. The van der Waals surface area contributed by atoms with Crippen LogP contribution >= 0.6 is 11.6 Å². The van der Waals surface area contributed by atoms with E-state index in [0.717, 1.165) is 23.5 Å². The van der Waals surface area contributed by atoms with Crippen LogP contribution in [0.5, 0.6) is 11.5 Å². The van der Waals surface area contributed by atoms with E-state index in [2.05, 4.69) is 12.1 Å². The largest absolute Gasteiger partial charge is 0.496 e. The third-order valence-corrected chi connectivity index (χ3v) is 3.87. The number of nitrogens with two attached hydrogens (primary N) is 1. The van der Waals surface area contributed by atoms with Crippen LogP contribution in [0.4, 0.5) is 0 Å². The first-order valence-electron chi connectivity index (χ1n) is 7.43. The van der Waals surface area contributed by atoms with Gasteiger partial charge in [-0.2, -0.15) is 0 Å². The number of methoxy groups -OCH3 is 1. The number of hydrogen-bond acceptors (Lipinski definition) is 3. The van der Waals surface area contributed by atoms with E-state index in [1.165, 1.54) is 5.56 Å². The summed E-state index contributed by atoms with van der Waals surface area (Å²) >= 11 is 6.12. The van der Waals surface area contributed by atoms with Gasteiger partial charge in [0, 0.05) is 16.5 Å². The van der Waals surface area contributed by atoms with E-state index in [0.29, 0.717) is 18.2 Å². The third kappa shape index (κ3) is 4.15. The van der Waals surface area contributed by atoms with E-state index in [1.807, 2.05) is 37.3 Å². The van der Waals surface area contributed by atoms with Gasteiger partial charge in [0.2, 0.25) is 0 Å². The molecule has 0 spiro atoms. The highest BCUT2D eigenvalue weighted by Gasteiger charge is 2.16. The highest BCUT2D eigenvalue weighted by Crippen LogP contribution is 2.31. The highest BCUT2D eigenvalue weighted by molar-refractivity contribution is 6.30. The summed E-state index contributed by atoms with van der Waals surface area (Å²) in [4.78, 5) is 0. The second kappa shape index (κ2) is 8.06. The van der Waals surface area contributed by atoms with Gasteiger partial charge in [0.15, 0.2) is 0 Å². The van der Waals surface area contributed by atoms with Gasteiger partial charge < -0.3 is 15.2 Å². The average molecular weight is 320 g/mol. The van der Waals surface area contributed by atoms with Crippen LogP contribution < -0.4 is 15.2 Å². The minimum atomic E-state index is 0.159. The Balaban J connectivity index is 2.20. The predicted molar refractivity (Wildman–Crippen MR) is 91.1 cm³/mol. The molecule has 0 saturated heterocycles. The molecule has 0 saturated carbocycles. The fourth-order valence-electron chi connectivity index (χ4n) is 2.52. The normalized spacial score (nSPS) is 12.0. The zero-order valence-corrected chi connectivity index (χ0v) is 13.8. The van der Waals surface area contributed by atoms with Crippen LogP contribution in [-0.4, -0.2) is 20.3 Å². The van der Waals surface area contributed by atoms with Gasteiger partial charge in [-0.05, 0) is 55.8 Å². The fraction of sp³-hybridized carbons (Fsp3) is 0.333. The number of halogens is 1. The fourth-order valence-corrected chi connectivity index (χ4v) is 2.70. The van der Waals surface area contributed by atoms with Crippen molar-refractivity contribution in [1.29, 1.82) is 0 Å². The van der Waals surface area contributed by atoms with Gasteiger partial charge in [0.25, 0.3) is 0 Å². The van der Waals surface area contributed by atoms with E-state index in [9.17, 15) is 0 Å². The van der Waals surface area contributed by atoms with Gasteiger partial charge in [-0.3, -0.25) is 0 Å². The Labute approximate surface area is 137 Å². The smallest absolute Gasteiger partial charge is 0.122 e. The number of ether oxygens (including phenoxy) is 2. The molecule has 2 aromatic carbocycles. The van der Waals surface area contributed by atoms with Crippen molar-refractivity contribution in [2.45, 2.75) is 19.3 Å². The Morgan fingerprint density at radius 2 is 1.86 bits per heavy atom. The molecule has 0 amide bonds. The van der Waals surface area contributed by atoms with Crippen molar-refractivity contribution in [2.24, 2.45) is 5.73 Å². The molecular formula is C18H22ClNO2. The lowest BCUT2D eigenvalue weighted by molar-refractivity contribution is 0.340. The maximum atomic E-state index is 6.12. The van der Waals surface area contributed by atoms with Crippen molar-refractivity contribution in [3.63, 3.8) is 0 Å². The molecule has 3 nitrogen and oxygen atoms in total. The van der Waals surface area contributed by atoms with Crippen molar-refractivity contribution in [1.82, 2.24) is 0 Å². The SMILES string of the molecule is CCOc1ccc(CC(CN)c2cc(Cl)ccc2OC)cc1. The van der Waals surface area contributed by atoms with Crippen molar-refractivity contribution in [3.05, 3.63) is 58.6 Å². The summed E-state index contributed by atoms with van der Waals surface area (Å²) in [5, 5.41) is 0.695. The summed E-state index contributed by atoms with van der Waals surface area (Å²) in [6.07, 6.45) is 0.833. The second-order valence-corrected chi connectivity index (χ2v) is 5.54. The van der Waals surface area contributed by atoms with E-state index in [-0.39, 0.29) is 5.92 Å². The first-order chi connectivity index (χ1) is 10.7. The summed E-state index contributed by atoms with van der Waals surface area (Å²) in [6, 6.07) is 13.8. The van der Waals surface area contributed by atoms with Crippen LogP contribution in [0.3, 0.4) is 0 Å².